The highest BCUT2D eigenvalue weighted by Gasteiger charge is 2.42. The van der Waals surface area contributed by atoms with E-state index in [0.29, 0.717) is 68.0 Å². The second kappa shape index (κ2) is 18.0. The van der Waals surface area contributed by atoms with Crippen molar-refractivity contribution in [2.75, 3.05) is 26.2 Å². The average Bonchev–Trinajstić information content (AvgIpc) is 3.97. The van der Waals surface area contributed by atoms with Gasteiger partial charge in [0.1, 0.15) is 6.04 Å². The summed E-state index contributed by atoms with van der Waals surface area (Å²) in [6.07, 6.45) is 9.00. The van der Waals surface area contributed by atoms with Crippen molar-refractivity contribution in [2.24, 2.45) is 11.7 Å². The van der Waals surface area contributed by atoms with Crippen molar-refractivity contribution in [1.82, 2.24) is 30.7 Å². The molecule has 3 aromatic rings. The third kappa shape index (κ3) is 10.0. The van der Waals surface area contributed by atoms with Gasteiger partial charge in [0.25, 0.3) is 0 Å². The minimum atomic E-state index is -0.889. The van der Waals surface area contributed by atoms with Gasteiger partial charge in [-0.1, -0.05) is 41.7 Å². The van der Waals surface area contributed by atoms with Crippen LogP contribution >= 0.6 is 22.9 Å². The molecule has 1 aromatic carbocycles. The highest BCUT2D eigenvalue weighted by atomic mass is 35.5. The Kier molecular flexibility index (Phi) is 13.2. The number of unbranched alkanes of at least 4 members (excludes halogenated alkanes) is 1. The molecule has 14 heteroatoms. The zero-order valence-electron chi connectivity index (χ0n) is 29.4. The van der Waals surface area contributed by atoms with Crippen molar-refractivity contribution in [3.05, 3.63) is 62.1 Å². The van der Waals surface area contributed by atoms with Crippen LogP contribution in [0.3, 0.4) is 0 Å². The smallest absolute Gasteiger partial charge is 0.243 e. The van der Waals surface area contributed by atoms with Crippen LogP contribution in [0.4, 0.5) is 0 Å². The predicted molar refractivity (Wildman–Crippen MR) is 195 cm³/mol. The number of carbonyl (C=O) groups is 3. The number of benzene rings is 1. The van der Waals surface area contributed by atoms with Crippen molar-refractivity contribution in [1.29, 1.82) is 0 Å². The molecule has 0 bridgehead atoms. The number of ether oxygens (including phenoxy) is 1. The van der Waals surface area contributed by atoms with Crippen LogP contribution in [-0.4, -0.2) is 82.0 Å². The minimum Gasteiger partial charge on any atom is -0.372 e. The van der Waals surface area contributed by atoms with Gasteiger partial charge in [0.15, 0.2) is 0 Å². The van der Waals surface area contributed by atoms with E-state index in [1.54, 1.807) is 28.4 Å². The first kappa shape index (κ1) is 37.5. The molecule has 12 nitrogen and oxygen atoms in total. The number of halogens is 1. The number of nitrogens with one attached hydrogen (secondary N) is 2. The van der Waals surface area contributed by atoms with Crippen LogP contribution in [0, 0.1) is 12.8 Å². The number of aryl methyl sites for hydroxylation is 1. The number of ketones is 1. The van der Waals surface area contributed by atoms with Gasteiger partial charge in [-0.25, -0.2) is 4.98 Å². The normalized spacial score (nSPS) is 20.6. The van der Waals surface area contributed by atoms with Crippen LogP contribution in [0.1, 0.15) is 108 Å². The number of aromatic nitrogens is 3. The fourth-order valence-electron chi connectivity index (χ4n) is 7.42. The van der Waals surface area contributed by atoms with Gasteiger partial charge in [-0.05, 0) is 95.1 Å². The molecule has 0 radical (unpaired) electrons. The van der Waals surface area contributed by atoms with Crippen LogP contribution in [0.25, 0.3) is 0 Å². The van der Waals surface area contributed by atoms with Crippen molar-refractivity contribution >= 4 is 40.5 Å². The fraction of sp³-hybridized carbons (Fsp3) is 0.622. The Morgan fingerprint density at radius 3 is 2.63 bits per heavy atom. The number of nitrogens with zero attached hydrogens (tertiary/aromatic N) is 4. The SMILES string of the molecule is Cc1sc(C2CCNCC2)nc1CC(=O)N1C[C@H](OCc2ccc(Cl)cc2)C[C@H]1C(=O)N[C@@H](CCCCN)C(=O)c1noc(CC2CCCC2)n1. The number of likely N-dealkylation sites (tertiary alicyclic amines) is 1. The lowest BCUT2D eigenvalue weighted by atomic mass is 9.99. The summed E-state index contributed by atoms with van der Waals surface area (Å²) < 4.78 is 11.7. The summed E-state index contributed by atoms with van der Waals surface area (Å²) >= 11 is 7.73. The third-order valence-electron chi connectivity index (χ3n) is 10.4. The molecule has 3 fully saturated rings. The van der Waals surface area contributed by atoms with E-state index in [1.807, 2.05) is 19.1 Å². The molecule has 2 saturated heterocycles. The molecule has 4 N–H and O–H groups in total. The Morgan fingerprint density at radius 1 is 1.12 bits per heavy atom. The Hall–Kier alpha value is -3.23. The largest absolute Gasteiger partial charge is 0.372 e. The van der Waals surface area contributed by atoms with E-state index >= 15 is 0 Å². The molecule has 2 amide bonds. The van der Waals surface area contributed by atoms with Crippen molar-refractivity contribution < 1.29 is 23.6 Å². The third-order valence-corrected chi connectivity index (χ3v) is 11.8. The Morgan fingerprint density at radius 2 is 1.88 bits per heavy atom. The molecule has 1 aliphatic carbocycles. The maximum absolute atomic E-state index is 14.1. The van der Waals surface area contributed by atoms with Gasteiger partial charge >= 0.3 is 0 Å². The molecule has 2 aromatic heterocycles. The summed E-state index contributed by atoms with van der Waals surface area (Å²) in [5, 5.41) is 12.1. The fourth-order valence-corrected chi connectivity index (χ4v) is 8.66. The highest BCUT2D eigenvalue weighted by molar-refractivity contribution is 7.11. The quantitative estimate of drug-likeness (QED) is 0.136. The summed E-state index contributed by atoms with van der Waals surface area (Å²) in [5.41, 5.74) is 7.45. The van der Waals surface area contributed by atoms with Crippen LogP contribution in [-0.2, 0) is 33.8 Å². The molecule has 1 saturated carbocycles. The van der Waals surface area contributed by atoms with Crippen LogP contribution < -0.4 is 16.4 Å². The van der Waals surface area contributed by atoms with Gasteiger partial charge in [-0.3, -0.25) is 14.4 Å². The summed E-state index contributed by atoms with van der Waals surface area (Å²) in [7, 11) is 0. The molecule has 0 spiro atoms. The number of amides is 2. The van der Waals surface area contributed by atoms with E-state index in [2.05, 4.69) is 20.8 Å². The number of rotatable bonds is 16. The molecular formula is C37H50ClN7O5S. The molecule has 51 heavy (non-hydrogen) atoms. The zero-order chi connectivity index (χ0) is 35.7. The predicted octanol–water partition coefficient (Wildman–Crippen LogP) is 4.91. The van der Waals surface area contributed by atoms with E-state index in [1.165, 1.54) is 12.8 Å². The minimum absolute atomic E-state index is 0.0341. The first-order chi connectivity index (χ1) is 24.8. The van der Waals surface area contributed by atoms with Crippen LogP contribution in [0.15, 0.2) is 28.8 Å². The topological polar surface area (TPSA) is 166 Å². The van der Waals surface area contributed by atoms with Gasteiger partial charge in [-0.15, -0.1) is 11.3 Å². The Balaban J connectivity index is 1.17. The maximum Gasteiger partial charge on any atom is 0.243 e. The zero-order valence-corrected chi connectivity index (χ0v) is 31.0. The number of thiazole rings is 1. The van der Waals surface area contributed by atoms with Crippen LogP contribution in [0.2, 0.25) is 5.02 Å². The lowest BCUT2D eigenvalue weighted by Crippen LogP contribution is -2.51. The van der Waals surface area contributed by atoms with Gasteiger partial charge in [-0.2, -0.15) is 4.98 Å². The number of carbonyl (C=O) groups excluding carboxylic acids is 3. The van der Waals surface area contributed by atoms with Crippen LogP contribution in [0.5, 0.6) is 0 Å². The van der Waals surface area contributed by atoms with E-state index in [-0.39, 0.29) is 30.8 Å². The van der Waals surface area contributed by atoms with Crippen molar-refractivity contribution in [2.45, 2.75) is 115 Å². The van der Waals surface area contributed by atoms with Gasteiger partial charge in [0.2, 0.25) is 29.3 Å². The number of nitrogens with two attached hydrogens (primary N) is 1. The second-order valence-electron chi connectivity index (χ2n) is 14.2. The monoisotopic (exact) mass is 739 g/mol. The first-order valence-corrected chi connectivity index (χ1v) is 19.7. The molecule has 6 rings (SSSR count). The van der Waals surface area contributed by atoms with E-state index < -0.39 is 23.8 Å². The first-order valence-electron chi connectivity index (χ1n) is 18.5. The van der Waals surface area contributed by atoms with Gasteiger partial charge in [0, 0.05) is 35.2 Å². The van der Waals surface area contributed by atoms with E-state index in [0.717, 1.165) is 59.9 Å². The summed E-state index contributed by atoms with van der Waals surface area (Å²) in [6.45, 7) is 4.95. The molecule has 3 aliphatic rings. The average molecular weight is 740 g/mol. The maximum atomic E-state index is 14.1. The van der Waals surface area contributed by atoms with E-state index in [9.17, 15) is 14.4 Å². The summed E-state index contributed by atoms with van der Waals surface area (Å²) in [4.78, 5) is 53.9. The summed E-state index contributed by atoms with van der Waals surface area (Å²) in [6, 6.07) is 5.68. The summed E-state index contributed by atoms with van der Waals surface area (Å²) in [5.74, 6) is 0.279. The van der Waals surface area contributed by atoms with Gasteiger partial charge in [0.05, 0.1) is 35.9 Å². The van der Waals surface area contributed by atoms with E-state index in [4.69, 9.17) is 31.6 Å². The molecule has 3 atom stereocenters. The molecule has 0 unspecified atom stereocenters. The standard InChI is InChI=1S/C37H50ClN7O5S/c1-23-30(42-37(51-23)26-13-16-40-17-14-26)20-33(46)45-21-28(49-22-25-9-11-27(38)12-10-25)19-31(45)36(48)41-29(8-4-5-15-39)34(47)35-43-32(50-44-35)18-24-6-2-3-7-24/h9-12,24,26,28-29,31,40H,2-8,13-22,39H2,1H3,(H,41,48)/t28-,29+,31+/m1/s1. The molecule has 276 valence electrons. The molecule has 4 heterocycles. The number of hydrogen-bond acceptors (Lipinski definition) is 11. The number of piperidine rings is 1. The second-order valence-corrected chi connectivity index (χ2v) is 15.9. The molecule has 2 aliphatic heterocycles. The van der Waals surface area contributed by atoms with Crippen molar-refractivity contribution in [3.63, 3.8) is 0 Å². The number of Topliss-reactive ketones (excluding diaryl/α,β-unsaturated/α-hetero) is 1. The highest BCUT2D eigenvalue weighted by Crippen LogP contribution is 2.32. The Bertz CT molecular complexity index is 1620. The van der Waals surface area contributed by atoms with Gasteiger partial charge < -0.3 is 30.5 Å². The lowest BCUT2D eigenvalue weighted by Gasteiger charge is -2.25. The molecular weight excluding hydrogens is 690 g/mol. The van der Waals surface area contributed by atoms with Crippen molar-refractivity contribution in [3.8, 4) is 0 Å². The lowest BCUT2D eigenvalue weighted by molar-refractivity contribution is -0.138. The Labute approximate surface area is 308 Å². The number of hydrogen-bond donors (Lipinski definition) is 3.